The topological polar surface area (TPSA) is 49.4 Å². The summed E-state index contributed by atoms with van der Waals surface area (Å²) >= 11 is 0. The third-order valence-electron chi connectivity index (χ3n) is 2.31. The molecular formula is C9H11F6O3-. The smallest absolute Gasteiger partial charge is 0.399 e. The van der Waals surface area contributed by atoms with Crippen molar-refractivity contribution < 1.29 is 41.0 Å². The summed E-state index contributed by atoms with van der Waals surface area (Å²) in [6.07, 6.45) is -12.7. The zero-order valence-corrected chi connectivity index (χ0v) is 9.70. The number of carbonyl (C=O) groups is 1. The minimum atomic E-state index is -6.33. The van der Waals surface area contributed by atoms with Crippen molar-refractivity contribution in [3.63, 3.8) is 0 Å². The van der Waals surface area contributed by atoms with E-state index in [-0.39, 0.29) is 6.42 Å². The molecule has 18 heavy (non-hydrogen) atoms. The highest BCUT2D eigenvalue weighted by atomic mass is 19.4. The Hall–Kier alpha value is -0.990. The van der Waals surface area contributed by atoms with Crippen molar-refractivity contribution in [2.75, 3.05) is 0 Å². The van der Waals surface area contributed by atoms with Gasteiger partial charge in [0.25, 0.3) is 0 Å². The van der Waals surface area contributed by atoms with E-state index in [9.17, 15) is 36.2 Å². The number of ether oxygens (including phenoxy) is 1. The molecule has 0 aromatic heterocycles. The molecule has 0 rings (SSSR count). The highest BCUT2D eigenvalue weighted by Gasteiger charge is 2.68. The maximum Gasteiger partial charge on any atom is 0.399 e. The average molecular weight is 281 g/mol. The molecule has 0 amide bonds. The van der Waals surface area contributed by atoms with Crippen molar-refractivity contribution in [3.8, 4) is 0 Å². The van der Waals surface area contributed by atoms with Gasteiger partial charge in [0, 0.05) is 0 Å². The first kappa shape index (κ1) is 17.0. The predicted octanol–water partition coefficient (Wildman–Crippen LogP) is 1.94. The monoisotopic (exact) mass is 281 g/mol. The molecule has 9 heteroatoms. The van der Waals surface area contributed by atoms with Crippen molar-refractivity contribution in [2.45, 2.75) is 50.7 Å². The van der Waals surface area contributed by atoms with Gasteiger partial charge in [-0.1, -0.05) is 6.92 Å². The van der Waals surface area contributed by atoms with Crippen LogP contribution in [0.25, 0.3) is 0 Å². The third-order valence-corrected chi connectivity index (χ3v) is 2.31. The van der Waals surface area contributed by atoms with Gasteiger partial charge in [-0.3, -0.25) is 4.79 Å². The molecule has 0 aliphatic rings. The first-order valence-corrected chi connectivity index (χ1v) is 4.76. The molecule has 3 nitrogen and oxygen atoms in total. The fourth-order valence-electron chi connectivity index (χ4n) is 0.787. The van der Waals surface area contributed by atoms with Gasteiger partial charge in [-0.2, -0.15) is 26.3 Å². The van der Waals surface area contributed by atoms with Crippen LogP contribution in [-0.2, 0) is 9.53 Å². The minimum Gasteiger partial charge on any atom is -0.828 e. The molecule has 0 aliphatic heterocycles. The van der Waals surface area contributed by atoms with Crippen LogP contribution < -0.4 is 5.11 Å². The molecule has 0 saturated carbocycles. The lowest BCUT2D eigenvalue weighted by Gasteiger charge is -2.42. The summed E-state index contributed by atoms with van der Waals surface area (Å²) in [4.78, 5) is 11.0. The van der Waals surface area contributed by atoms with Crippen molar-refractivity contribution in [1.82, 2.24) is 0 Å². The van der Waals surface area contributed by atoms with E-state index >= 15 is 0 Å². The summed E-state index contributed by atoms with van der Waals surface area (Å²) in [7, 11) is 0. The molecule has 0 saturated heterocycles. The second-order valence-electron chi connectivity index (χ2n) is 4.18. The fraction of sp³-hybridized carbons (Fsp3) is 0.889. The summed E-state index contributed by atoms with van der Waals surface area (Å²) in [6, 6.07) is 0. The van der Waals surface area contributed by atoms with E-state index in [0.717, 1.165) is 13.8 Å². The quantitative estimate of drug-likeness (QED) is 0.587. The summed E-state index contributed by atoms with van der Waals surface area (Å²) < 4.78 is 77.2. The van der Waals surface area contributed by atoms with Crippen LogP contribution in [0.3, 0.4) is 0 Å². The van der Waals surface area contributed by atoms with Crippen molar-refractivity contribution in [1.29, 1.82) is 0 Å². The average Bonchev–Trinajstić information content (AvgIpc) is 2.12. The van der Waals surface area contributed by atoms with Crippen LogP contribution in [0.2, 0.25) is 0 Å². The first-order valence-electron chi connectivity index (χ1n) is 4.76. The van der Waals surface area contributed by atoms with Crippen LogP contribution in [0.4, 0.5) is 26.3 Å². The molecule has 108 valence electrons. The molecule has 0 fully saturated rings. The summed E-state index contributed by atoms with van der Waals surface area (Å²) in [5.41, 5.74) is -7.37. The Morgan fingerprint density at radius 3 is 1.61 bits per heavy atom. The lowest BCUT2D eigenvalue weighted by Crippen LogP contribution is -2.72. The molecule has 0 atom stereocenters. The Morgan fingerprint density at radius 1 is 1.06 bits per heavy atom. The number of rotatable bonds is 3. The van der Waals surface area contributed by atoms with Crippen LogP contribution in [0, 0.1) is 0 Å². The van der Waals surface area contributed by atoms with E-state index in [4.69, 9.17) is 0 Å². The number of carbonyl (C=O) groups excluding carboxylic acids is 1. The highest BCUT2D eigenvalue weighted by molar-refractivity contribution is 5.81. The minimum absolute atomic E-state index is 0.0511. The maximum atomic E-state index is 12.2. The molecule has 0 radical (unpaired) electrons. The normalized spacial score (nSPS) is 14.6. The second-order valence-corrected chi connectivity index (χ2v) is 4.18. The van der Waals surface area contributed by atoms with Crippen molar-refractivity contribution in [2.24, 2.45) is 0 Å². The van der Waals surface area contributed by atoms with E-state index in [1.54, 1.807) is 0 Å². The largest absolute Gasteiger partial charge is 0.828 e. The summed E-state index contributed by atoms with van der Waals surface area (Å²) in [5.74, 6) is -2.89. The number of halogens is 6. The van der Waals surface area contributed by atoms with Gasteiger partial charge in [0.15, 0.2) is 5.60 Å². The number of esters is 1. The molecule has 0 aromatic carbocycles. The van der Waals surface area contributed by atoms with E-state index < -0.39 is 29.5 Å². The Morgan fingerprint density at radius 2 is 1.39 bits per heavy atom. The van der Waals surface area contributed by atoms with Gasteiger partial charge in [0.1, 0.15) is 5.60 Å². The molecule has 0 aliphatic carbocycles. The number of alkyl halides is 6. The zero-order valence-electron chi connectivity index (χ0n) is 9.70. The van der Waals surface area contributed by atoms with Crippen LogP contribution in [0.15, 0.2) is 0 Å². The number of hydrogen-bond acceptors (Lipinski definition) is 3. The summed E-state index contributed by atoms with van der Waals surface area (Å²) in [6.45, 7) is 3.57. The van der Waals surface area contributed by atoms with Gasteiger partial charge < -0.3 is 9.84 Å². The van der Waals surface area contributed by atoms with Crippen LogP contribution in [0.1, 0.15) is 27.2 Å². The number of hydrogen-bond donors (Lipinski definition) is 0. The van der Waals surface area contributed by atoms with Gasteiger partial charge in [0.05, 0.1) is 0 Å². The SMILES string of the molecule is CCC(C)(C)OC(=O)C([O-])(C(F)(F)F)C(F)(F)F. The van der Waals surface area contributed by atoms with Gasteiger partial charge in [-0.25, -0.2) is 0 Å². The van der Waals surface area contributed by atoms with E-state index in [1.165, 1.54) is 6.92 Å². The third kappa shape index (κ3) is 3.06. The van der Waals surface area contributed by atoms with Gasteiger partial charge in [-0.15, -0.1) is 0 Å². The van der Waals surface area contributed by atoms with Crippen LogP contribution in [-0.4, -0.2) is 29.5 Å². The molecule has 0 heterocycles. The molecule has 0 unspecified atom stereocenters. The standard InChI is InChI=1S/C9H11F6O3/c1-4-6(2,3)18-5(16)7(17,8(10,11)12)9(13,14)15/h4H2,1-3H3/q-1. The molecule has 0 N–H and O–H groups in total. The fourth-order valence-corrected chi connectivity index (χ4v) is 0.787. The first-order chi connectivity index (χ1) is 7.69. The van der Waals surface area contributed by atoms with Crippen molar-refractivity contribution >= 4 is 5.97 Å². The Kier molecular flexibility index (Phi) is 4.34. The molecular weight excluding hydrogens is 270 g/mol. The highest BCUT2D eigenvalue weighted by Crippen LogP contribution is 2.42. The van der Waals surface area contributed by atoms with E-state index in [2.05, 4.69) is 4.74 Å². The van der Waals surface area contributed by atoms with E-state index in [1.807, 2.05) is 0 Å². The van der Waals surface area contributed by atoms with E-state index in [0.29, 0.717) is 0 Å². The predicted molar refractivity (Wildman–Crippen MR) is 45.3 cm³/mol. The van der Waals surface area contributed by atoms with Crippen LogP contribution >= 0.6 is 0 Å². The van der Waals surface area contributed by atoms with Crippen molar-refractivity contribution in [3.05, 3.63) is 0 Å². The van der Waals surface area contributed by atoms with Gasteiger partial charge >= 0.3 is 18.3 Å². The molecule has 0 aromatic rings. The van der Waals surface area contributed by atoms with Gasteiger partial charge in [-0.05, 0) is 20.3 Å². The Bertz CT molecular complexity index is 303. The Balaban J connectivity index is 5.47. The van der Waals surface area contributed by atoms with Crippen LogP contribution in [0.5, 0.6) is 0 Å². The molecule has 0 bridgehead atoms. The second kappa shape index (κ2) is 4.60. The maximum absolute atomic E-state index is 12.2. The zero-order chi connectivity index (χ0) is 15.0. The molecule has 0 spiro atoms. The Labute approximate surface area is 98.7 Å². The lowest BCUT2D eigenvalue weighted by molar-refractivity contribution is -0.575. The summed E-state index contributed by atoms with van der Waals surface area (Å²) in [5, 5.41) is 10.9. The van der Waals surface area contributed by atoms with Gasteiger partial charge in [0.2, 0.25) is 0 Å². The lowest BCUT2D eigenvalue weighted by atomic mass is 10.0.